The monoisotopic (exact) mass is 419 g/mol. The van der Waals surface area contributed by atoms with Gasteiger partial charge >= 0.3 is 18.0 Å². The minimum atomic E-state index is -1.32. The summed E-state index contributed by atoms with van der Waals surface area (Å²) in [5.74, 6) is -2.83. The zero-order chi connectivity index (χ0) is 22.4. The van der Waals surface area contributed by atoms with Crippen molar-refractivity contribution < 1.29 is 29.4 Å². The first-order chi connectivity index (χ1) is 14.1. The second-order valence-electron chi connectivity index (χ2n) is 7.96. The van der Waals surface area contributed by atoms with Crippen molar-refractivity contribution in [2.75, 3.05) is 6.54 Å². The maximum atomic E-state index is 12.9. The number of amides is 3. The summed E-state index contributed by atoms with van der Waals surface area (Å²) in [6.45, 7) is 5.43. The van der Waals surface area contributed by atoms with Gasteiger partial charge in [-0.1, -0.05) is 44.2 Å². The van der Waals surface area contributed by atoms with Crippen LogP contribution in [0.25, 0.3) is 0 Å². The highest BCUT2D eigenvalue weighted by atomic mass is 16.4. The number of carbonyl (C=O) groups excluding carboxylic acids is 2. The summed E-state index contributed by atoms with van der Waals surface area (Å²) in [7, 11) is 0. The van der Waals surface area contributed by atoms with Crippen molar-refractivity contribution in [2.24, 2.45) is 5.92 Å². The Hall–Kier alpha value is -2.94. The zero-order valence-electron chi connectivity index (χ0n) is 17.4. The fourth-order valence-corrected chi connectivity index (χ4v) is 3.39. The summed E-state index contributed by atoms with van der Waals surface area (Å²) in [4.78, 5) is 51.0. The normalized spacial score (nSPS) is 18.5. The topological polar surface area (TPSA) is 127 Å². The Bertz CT molecular complexity index is 782. The van der Waals surface area contributed by atoms with Crippen LogP contribution in [0, 0.1) is 5.92 Å². The summed E-state index contributed by atoms with van der Waals surface area (Å²) in [5, 5.41) is 21.7. The third-order valence-corrected chi connectivity index (χ3v) is 5.07. The maximum absolute atomic E-state index is 12.9. The molecule has 0 aliphatic carbocycles. The van der Waals surface area contributed by atoms with Crippen molar-refractivity contribution >= 4 is 23.9 Å². The van der Waals surface area contributed by atoms with Gasteiger partial charge in [0.15, 0.2) is 6.04 Å². The highest BCUT2D eigenvalue weighted by molar-refractivity contribution is 6.02. The maximum Gasteiger partial charge on any atom is 0.328 e. The average Bonchev–Trinajstić information content (AvgIpc) is 3.01. The molecule has 1 heterocycles. The van der Waals surface area contributed by atoms with Crippen LogP contribution in [0.15, 0.2) is 30.3 Å². The summed E-state index contributed by atoms with van der Waals surface area (Å²) in [5.41, 5.74) is 0.815. The van der Waals surface area contributed by atoms with E-state index in [-0.39, 0.29) is 13.1 Å². The lowest BCUT2D eigenvalue weighted by Crippen LogP contribution is -2.54. The molecule has 0 bridgehead atoms. The van der Waals surface area contributed by atoms with Crippen LogP contribution in [0.4, 0.5) is 4.79 Å². The van der Waals surface area contributed by atoms with E-state index >= 15 is 0 Å². The number of rotatable bonds is 10. The van der Waals surface area contributed by atoms with Gasteiger partial charge in [-0.15, -0.1) is 0 Å². The highest BCUT2D eigenvalue weighted by Crippen LogP contribution is 2.21. The molecule has 9 nitrogen and oxygen atoms in total. The van der Waals surface area contributed by atoms with E-state index in [1.165, 1.54) is 11.8 Å². The Morgan fingerprint density at radius 2 is 1.73 bits per heavy atom. The molecule has 1 aromatic carbocycles. The van der Waals surface area contributed by atoms with Crippen LogP contribution >= 0.6 is 0 Å². The minimum Gasteiger partial charge on any atom is -0.480 e. The molecule has 30 heavy (non-hydrogen) atoms. The van der Waals surface area contributed by atoms with Gasteiger partial charge < -0.3 is 15.1 Å². The van der Waals surface area contributed by atoms with E-state index in [2.05, 4.69) is 5.32 Å². The number of nitrogens with zero attached hydrogens (tertiary/aromatic N) is 2. The minimum absolute atomic E-state index is 0.128. The molecular formula is C21H29N3O6. The quantitative estimate of drug-likeness (QED) is 0.527. The summed E-state index contributed by atoms with van der Waals surface area (Å²) in [6.07, 6.45) is 0.969. The first-order valence-electron chi connectivity index (χ1n) is 9.99. The molecule has 0 aromatic heterocycles. The van der Waals surface area contributed by atoms with E-state index in [9.17, 15) is 29.4 Å². The SMILES string of the molecule is CC(C)CCC(NC(C)C(=O)N1C(=O)N(Cc2ccccc2)CC1C(=O)O)C(=O)O. The molecule has 3 amide bonds. The van der Waals surface area contributed by atoms with Gasteiger partial charge in [-0.3, -0.25) is 14.9 Å². The van der Waals surface area contributed by atoms with Gasteiger partial charge in [-0.25, -0.2) is 14.5 Å². The molecule has 0 spiro atoms. The standard InChI is InChI=1S/C21H29N3O6/c1-13(2)9-10-16(19(26)27)22-14(3)18(25)24-17(20(28)29)12-23(21(24)30)11-15-7-5-4-6-8-15/h4-8,13-14,16-17,22H,9-12H2,1-3H3,(H,26,27)(H,28,29). The Balaban J connectivity index is 2.13. The number of hydrogen-bond donors (Lipinski definition) is 3. The van der Waals surface area contributed by atoms with Crippen LogP contribution in [0.1, 0.15) is 39.2 Å². The number of aliphatic carboxylic acids is 2. The molecule has 1 aliphatic heterocycles. The van der Waals surface area contributed by atoms with Crippen molar-refractivity contribution in [3.63, 3.8) is 0 Å². The number of nitrogens with one attached hydrogen (secondary N) is 1. The van der Waals surface area contributed by atoms with E-state index < -0.39 is 42.0 Å². The third-order valence-electron chi connectivity index (χ3n) is 5.07. The summed E-state index contributed by atoms with van der Waals surface area (Å²) in [6, 6.07) is 5.06. The first-order valence-corrected chi connectivity index (χ1v) is 9.99. The van der Waals surface area contributed by atoms with E-state index in [1.807, 2.05) is 44.2 Å². The van der Waals surface area contributed by atoms with Gasteiger partial charge in [0, 0.05) is 6.54 Å². The van der Waals surface area contributed by atoms with Gasteiger partial charge in [-0.05, 0) is 31.2 Å². The molecule has 1 fully saturated rings. The number of carboxylic acid groups (broad SMARTS) is 2. The predicted molar refractivity (Wildman–Crippen MR) is 109 cm³/mol. The molecule has 2 rings (SSSR count). The van der Waals surface area contributed by atoms with Crippen molar-refractivity contribution in [3.05, 3.63) is 35.9 Å². The van der Waals surface area contributed by atoms with E-state index in [0.717, 1.165) is 10.5 Å². The Labute approximate surface area is 175 Å². The van der Waals surface area contributed by atoms with Crippen LogP contribution in [-0.4, -0.2) is 68.6 Å². The van der Waals surface area contributed by atoms with Crippen molar-refractivity contribution in [3.8, 4) is 0 Å². The van der Waals surface area contributed by atoms with Gasteiger partial charge in [0.05, 0.1) is 12.6 Å². The number of benzene rings is 1. The number of carbonyl (C=O) groups is 4. The smallest absolute Gasteiger partial charge is 0.328 e. The van der Waals surface area contributed by atoms with Crippen LogP contribution in [0.5, 0.6) is 0 Å². The predicted octanol–water partition coefficient (Wildman–Crippen LogP) is 1.77. The molecule has 1 aliphatic rings. The van der Waals surface area contributed by atoms with Crippen LogP contribution < -0.4 is 5.32 Å². The summed E-state index contributed by atoms with van der Waals surface area (Å²) >= 11 is 0. The Morgan fingerprint density at radius 1 is 1.10 bits per heavy atom. The van der Waals surface area contributed by atoms with Crippen LogP contribution in [0.3, 0.4) is 0 Å². The van der Waals surface area contributed by atoms with E-state index in [4.69, 9.17) is 0 Å². The lowest BCUT2D eigenvalue weighted by molar-refractivity contribution is -0.147. The Morgan fingerprint density at radius 3 is 2.27 bits per heavy atom. The summed E-state index contributed by atoms with van der Waals surface area (Å²) < 4.78 is 0. The second kappa shape index (κ2) is 10.2. The molecule has 3 unspecified atom stereocenters. The van der Waals surface area contributed by atoms with Gasteiger partial charge in [0.1, 0.15) is 6.04 Å². The molecule has 1 aromatic rings. The highest BCUT2D eigenvalue weighted by Gasteiger charge is 2.46. The van der Waals surface area contributed by atoms with Crippen molar-refractivity contribution in [1.82, 2.24) is 15.1 Å². The van der Waals surface area contributed by atoms with Crippen molar-refractivity contribution in [1.29, 1.82) is 0 Å². The average molecular weight is 419 g/mol. The molecule has 3 N–H and O–H groups in total. The molecule has 0 radical (unpaired) electrons. The van der Waals surface area contributed by atoms with Gasteiger partial charge in [0.2, 0.25) is 5.91 Å². The molecule has 9 heteroatoms. The fourth-order valence-electron chi connectivity index (χ4n) is 3.39. The molecule has 164 valence electrons. The lowest BCUT2D eigenvalue weighted by Gasteiger charge is -2.25. The lowest BCUT2D eigenvalue weighted by atomic mass is 10.0. The first kappa shape index (κ1) is 23.3. The Kier molecular flexibility index (Phi) is 7.93. The van der Waals surface area contributed by atoms with Gasteiger partial charge in [0.25, 0.3) is 0 Å². The zero-order valence-corrected chi connectivity index (χ0v) is 17.4. The van der Waals surface area contributed by atoms with Crippen molar-refractivity contribution in [2.45, 2.75) is 58.3 Å². The second-order valence-corrected chi connectivity index (χ2v) is 7.96. The van der Waals surface area contributed by atoms with Crippen LogP contribution in [-0.2, 0) is 20.9 Å². The number of urea groups is 1. The third kappa shape index (κ3) is 5.79. The van der Waals surface area contributed by atoms with Crippen LogP contribution in [0.2, 0.25) is 0 Å². The van der Waals surface area contributed by atoms with E-state index in [1.54, 1.807) is 0 Å². The number of hydrogen-bond acceptors (Lipinski definition) is 5. The molecule has 0 saturated carbocycles. The van der Waals surface area contributed by atoms with Gasteiger partial charge in [-0.2, -0.15) is 0 Å². The largest absolute Gasteiger partial charge is 0.480 e. The van der Waals surface area contributed by atoms with E-state index in [0.29, 0.717) is 18.8 Å². The fraction of sp³-hybridized carbons (Fsp3) is 0.524. The number of carboxylic acids is 2. The molecular weight excluding hydrogens is 390 g/mol. The molecule has 3 atom stereocenters. The molecule has 1 saturated heterocycles. The number of imide groups is 1.